The molecule has 52 heavy (non-hydrogen) atoms. The molecule has 2 amide bonds. The summed E-state index contributed by atoms with van der Waals surface area (Å²) < 4.78 is 7.88. The number of hydrogen-bond donors (Lipinski definition) is 0. The van der Waals surface area contributed by atoms with Crippen molar-refractivity contribution in [3.63, 3.8) is 0 Å². The maximum atomic E-state index is 14.4. The number of imidazole rings is 1. The van der Waals surface area contributed by atoms with E-state index < -0.39 is 10.8 Å². The first-order valence-corrected chi connectivity index (χ1v) is 18.0. The van der Waals surface area contributed by atoms with E-state index >= 15 is 0 Å². The van der Waals surface area contributed by atoms with Crippen LogP contribution in [0.1, 0.15) is 33.6 Å². The van der Waals surface area contributed by atoms with Gasteiger partial charge in [0, 0.05) is 12.6 Å². The number of oxime groups is 1. The lowest BCUT2D eigenvalue weighted by Gasteiger charge is -2.42. The fourth-order valence-electron chi connectivity index (χ4n) is 6.76. The SMILES string of the molecule is Cc1nc(-c2ccccc2)n(C)c1/C=N/OCCOc1ccc(CC2SC(=O)N(C(c3ccccc3)(c3ccccc3)c3ccccc3)C2=O)cc1. The summed E-state index contributed by atoms with van der Waals surface area (Å²) in [5.74, 6) is 1.32. The van der Waals surface area contributed by atoms with Gasteiger partial charge in [0.05, 0.1) is 22.9 Å². The van der Waals surface area contributed by atoms with E-state index in [0.717, 1.165) is 56.8 Å². The Bertz CT molecular complexity index is 2060. The lowest BCUT2D eigenvalue weighted by molar-refractivity contribution is -0.129. The third-order valence-electron chi connectivity index (χ3n) is 9.22. The Morgan fingerprint density at radius 3 is 1.85 bits per heavy atom. The highest BCUT2D eigenvalue weighted by molar-refractivity contribution is 8.15. The van der Waals surface area contributed by atoms with Gasteiger partial charge in [-0.2, -0.15) is 0 Å². The molecule has 260 valence electrons. The van der Waals surface area contributed by atoms with Gasteiger partial charge in [-0.15, -0.1) is 0 Å². The van der Waals surface area contributed by atoms with Crippen LogP contribution in [0, 0.1) is 6.92 Å². The number of nitrogens with zero attached hydrogens (tertiary/aromatic N) is 4. The Kier molecular flexibility index (Phi) is 10.3. The zero-order valence-electron chi connectivity index (χ0n) is 29.0. The monoisotopic (exact) mass is 706 g/mol. The molecule has 1 aromatic heterocycles. The Labute approximate surface area is 307 Å². The van der Waals surface area contributed by atoms with Crippen LogP contribution in [0.2, 0.25) is 0 Å². The summed E-state index contributed by atoms with van der Waals surface area (Å²) in [6.07, 6.45) is 2.07. The molecule has 1 aliphatic rings. The van der Waals surface area contributed by atoms with E-state index in [1.54, 1.807) is 6.21 Å². The van der Waals surface area contributed by atoms with Crippen LogP contribution in [-0.4, -0.2) is 50.3 Å². The van der Waals surface area contributed by atoms with Gasteiger partial charge in [-0.3, -0.25) is 14.5 Å². The van der Waals surface area contributed by atoms with E-state index in [0.29, 0.717) is 18.8 Å². The van der Waals surface area contributed by atoms with Crippen molar-refractivity contribution in [2.24, 2.45) is 12.2 Å². The van der Waals surface area contributed by atoms with Gasteiger partial charge in [-0.05, 0) is 47.7 Å². The number of aromatic nitrogens is 2. The van der Waals surface area contributed by atoms with Gasteiger partial charge in [-0.1, -0.05) is 150 Å². The third-order valence-corrected chi connectivity index (χ3v) is 10.3. The minimum atomic E-state index is -1.13. The van der Waals surface area contributed by atoms with Crippen LogP contribution in [0.3, 0.4) is 0 Å². The second kappa shape index (κ2) is 15.5. The minimum absolute atomic E-state index is 0.220. The zero-order chi connectivity index (χ0) is 35.9. The summed E-state index contributed by atoms with van der Waals surface area (Å²) in [6, 6.07) is 47.0. The highest BCUT2D eigenvalue weighted by Crippen LogP contribution is 2.47. The Balaban J connectivity index is 1.00. The number of carbonyl (C=O) groups is 2. The summed E-state index contributed by atoms with van der Waals surface area (Å²) in [5.41, 5.74) is 5.09. The number of aryl methyl sites for hydroxylation is 1. The van der Waals surface area contributed by atoms with Crippen molar-refractivity contribution in [2.75, 3.05) is 13.2 Å². The van der Waals surface area contributed by atoms with Crippen LogP contribution >= 0.6 is 11.8 Å². The minimum Gasteiger partial charge on any atom is -0.490 e. The summed E-state index contributed by atoms with van der Waals surface area (Å²) >= 11 is 1.08. The van der Waals surface area contributed by atoms with Crippen molar-refractivity contribution in [1.29, 1.82) is 0 Å². The predicted octanol–water partition coefficient (Wildman–Crippen LogP) is 8.42. The number of benzene rings is 5. The molecule has 1 saturated heterocycles. The summed E-state index contributed by atoms with van der Waals surface area (Å²) in [6.45, 7) is 2.51. The molecule has 1 fully saturated rings. The maximum absolute atomic E-state index is 14.4. The zero-order valence-corrected chi connectivity index (χ0v) is 29.8. The van der Waals surface area contributed by atoms with Gasteiger partial charge in [-0.25, -0.2) is 4.98 Å². The molecular formula is C43H38N4O4S. The van der Waals surface area contributed by atoms with E-state index in [-0.39, 0.29) is 17.8 Å². The van der Waals surface area contributed by atoms with Gasteiger partial charge in [0.1, 0.15) is 23.7 Å². The second-order valence-corrected chi connectivity index (χ2v) is 13.6. The van der Waals surface area contributed by atoms with Crippen molar-refractivity contribution >= 4 is 29.1 Å². The number of imide groups is 1. The normalized spacial score (nSPS) is 14.7. The molecule has 6 aromatic rings. The lowest BCUT2D eigenvalue weighted by Crippen LogP contribution is -2.51. The molecule has 1 unspecified atom stereocenters. The highest BCUT2D eigenvalue weighted by Gasteiger charge is 2.53. The van der Waals surface area contributed by atoms with E-state index in [1.165, 1.54) is 4.90 Å². The van der Waals surface area contributed by atoms with Gasteiger partial charge in [0.25, 0.3) is 5.24 Å². The molecular weight excluding hydrogens is 669 g/mol. The number of thioether (sulfide) groups is 1. The van der Waals surface area contributed by atoms with Crippen LogP contribution in [0.25, 0.3) is 11.4 Å². The quantitative estimate of drug-likeness (QED) is 0.0519. The number of rotatable bonds is 13. The topological polar surface area (TPSA) is 86.0 Å². The standard InChI is InChI=1S/C43H38N4O4S/c1-31-38(46(2)40(45-31)33-15-7-3-8-16-33)30-44-51-28-27-50-37-25-23-32(24-26-37)29-39-41(48)47(42(49)52-39)43(34-17-9-4-10-18-34,35-19-11-5-12-20-35)36-21-13-6-14-22-36/h3-26,30,39H,27-29H2,1-2H3/b44-30+. The van der Waals surface area contributed by atoms with Crippen LogP contribution in [0.15, 0.2) is 151 Å². The highest BCUT2D eigenvalue weighted by atomic mass is 32.2. The van der Waals surface area contributed by atoms with E-state index in [1.807, 2.05) is 164 Å². The van der Waals surface area contributed by atoms with Crippen molar-refractivity contribution in [2.45, 2.75) is 24.1 Å². The number of ether oxygens (including phenoxy) is 1. The molecule has 0 N–H and O–H groups in total. The molecule has 1 atom stereocenters. The Morgan fingerprint density at radius 1 is 0.750 bits per heavy atom. The molecule has 1 aliphatic heterocycles. The van der Waals surface area contributed by atoms with E-state index in [9.17, 15) is 9.59 Å². The lowest BCUT2D eigenvalue weighted by atomic mass is 9.75. The molecule has 0 radical (unpaired) electrons. The number of hydrogen-bond acceptors (Lipinski definition) is 7. The molecule has 9 heteroatoms. The van der Waals surface area contributed by atoms with Gasteiger partial charge in [0.2, 0.25) is 5.91 Å². The van der Waals surface area contributed by atoms with Crippen LogP contribution in [0.5, 0.6) is 5.75 Å². The average molecular weight is 707 g/mol. The molecule has 0 aliphatic carbocycles. The molecule has 8 nitrogen and oxygen atoms in total. The second-order valence-electron chi connectivity index (χ2n) is 12.4. The molecule has 0 bridgehead atoms. The van der Waals surface area contributed by atoms with E-state index in [2.05, 4.69) is 10.1 Å². The molecule has 2 heterocycles. The first-order chi connectivity index (χ1) is 25.5. The third kappa shape index (κ3) is 6.87. The van der Waals surface area contributed by atoms with E-state index in [4.69, 9.17) is 9.57 Å². The van der Waals surface area contributed by atoms with Crippen LogP contribution in [0.4, 0.5) is 4.79 Å². The number of carbonyl (C=O) groups excluding carboxylic acids is 2. The molecule has 5 aromatic carbocycles. The largest absolute Gasteiger partial charge is 0.490 e. The molecule has 0 saturated carbocycles. The summed E-state index contributed by atoms with van der Waals surface area (Å²) in [4.78, 5) is 40.0. The average Bonchev–Trinajstić information content (AvgIpc) is 3.64. The first kappa shape index (κ1) is 34.5. The first-order valence-electron chi connectivity index (χ1n) is 17.1. The smallest absolute Gasteiger partial charge is 0.290 e. The fraction of sp³-hybridized carbons (Fsp3) is 0.163. The Morgan fingerprint density at radius 2 is 1.29 bits per heavy atom. The van der Waals surface area contributed by atoms with Crippen LogP contribution in [-0.2, 0) is 28.6 Å². The summed E-state index contributed by atoms with van der Waals surface area (Å²) in [5, 5.41) is 3.29. The predicted molar refractivity (Wildman–Crippen MR) is 205 cm³/mol. The van der Waals surface area contributed by atoms with Crippen molar-refractivity contribution in [3.8, 4) is 17.1 Å². The van der Waals surface area contributed by atoms with Crippen molar-refractivity contribution in [3.05, 3.63) is 179 Å². The number of amides is 2. The van der Waals surface area contributed by atoms with Crippen molar-refractivity contribution < 1.29 is 19.2 Å². The summed E-state index contributed by atoms with van der Waals surface area (Å²) in [7, 11) is 1.96. The maximum Gasteiger partial charge on any atom is 0.290 e. The Hall–Kier alpha value is -5.93. The fourth-order valence-corrected chi connectivity index (χ4v) is 7.82. The molecule has 7 rings (SSSR count). The molecule has 0 spiro atoms. The van der Waals surface area contributed by atoms with Gasteiger partial charge in [0.15, 0.2) is 6.61 Å². The van der Waals surface area contributed by atoms with Crippen LogP contribution < -0.4 is 4.74 Å². The van der Waals surface area contributed by atoms with Crippen molar-refractivity contribution in [1.82, 2.24) is 14.5 Å². The van der Waals surface area contributed by atoms with Gasteiger partial charge < -0.3 is 14.1 Å². The van der Waals surface area contributed by atoms with Gasteiger partial charge >= 0.3 is 0 Å².